The lowest BCUT2D eigenvalue weighted by molar-refractivity contribution is -0.136. The minimum Gasteiger partial charge on any atom is -0.481 e. The van der Waals surface area contributed by atoms with E-state index >= 15 is 0 Å². The minimum absolute atomic E-state index is 0.0416. The maximum Gasteiger partial charge on any atom is 0.307 e. The maximum absolute atomic E-state index is 10.7. The lowest BCUT2D eigenvalue weighted by Crippen LogP contribution is -2.04. The molecular weight excluding hydrogens is 202 g/mol. The van der Waals surface area contributed by atoms with Gasteiger partial charge in [-0.2, -0.15) is 5.26 Å². The Bertz CT molecular complexity index is 458. The SMILES string of the molecule is Cc1cc(C=CC#N)cc(C)c1CC(=O)O. The summed E-state index contributed by atoms with van der Waals surface area (Å²) in [6, 6.07) is 5.70. The molecule has 16 heavy (non-hydrogen) atoms. The van der Waals surface area contributed by atoms with Crippen LogP contribution in [0.4, 0.5) is 0 Å². The summed E-state index contributed by atoms with van der Waals surface area (Å²) in [6.07, 6.45) is 3.16. The second-order valence-corrected chi connectivity index (χ2v) is 3.67. The Morgan fingerprint density at radius 3 is 2.44 bits per heavy atom. The molecule has 0 atom stereocenters. The third kappa shape index (κ3) is 2.96. The second-order valence-electron chi connectivity index (χ2n) is 3.67. The first-order chi connectivity index (χ1) is 7.54. The molecule has 1 rings (SSSR count). The first-order valence-electron chi connectivity index (χ1n) is 4.92. The van der Waals surface area contributed by atoms with E-state index in [-0.39, 0.29) is 6.42 Å². The molecule has 0 aliphatic heterocycles. The Labute approximate surface area is 94.6 Å². The number of carbonyl (C=O) groups is 1. The molecule has 0 bridgehead atoms. The summed E-state index contributed by atoms with van der Waals surface area (Å²) in [5, 5.41) is 17.2. The highest BCUT2D eigenvalue weighted by Gasteiger charge is 2.07. The lowest BCUT2D eigenvalue weighted by Gasteiger charge is -2.08. The molecule has 1 aromatic carbocycles. The van der Waals surface area contributed by atoms with Gasteiger partial charge in [0, 0.05) is 6.08 Å². The number of carboxylic acids is 1. The van der Waals surface area contributed by atoms with Crippen molar-refractivity contribution in [3.8, 4) is 6.07 Å². The van der Waals surface area contributed by atoms with Crippen LogP contribution in [0.2, 0.25) is 0 Å². The van der Waals surface area contributed by atoms with Crippen molar-refractivity contribution in [1.29, 1.82) is 5.26 Å². The third-order valence-electron chi connectivity index (χ3n) is 2.40. The summed E-state index contributed by atoms with van der Waals surface area (Å²) in [7, 11) is 0. The molecule has 0 aliphatic carbocycles. The van der Waals surface area contributed by atoms with Crippen molar-refractivity contribution >= 4 is 12.0 Å². The molecule has 3 nitrogen and oxygen atoms in total. The van der Waals surface area contributed by atoms with Crippen LogP contribution in [0.25, 0.3) is 6.08 Å². The highest BCUT2D eigenvalue weighted by atomic mass is 16.4. The average Bonchev–Trinajstić information content (AvgIpc) is 2.20. The Morgan fingerprint density at radius 2 is 2.00 bits per heavy atom. The third-order valence-corrected chi connectivity index (χ3v) is 2.40. The number of carboxylic acid groups (broad SMARTS) is 1. The van der Waals surface area contributed by atoms with E-state index in [1.807, 2.05) is 32.0 Å². The van der Waals surface area contributed by atoms with E-state index in [0.29, 0.717) is 0 Å². The number of aliphatic carboxylic acids is 1. The van der Waals surface area contributed by atoms with Crippen LogP contribution >= 0.6 is 0 Å². The van der Waals surface area contributed by atoms with Gasteiger partial charge in [-0.05, 0) is 42.2 Å². The zero-order valence-corrected chi connectivity index (χ0v) is 9.32. The lowest BCUT2D eigenvalue weighted by atomic mass is 9.97. The van der Waals surface area contributed by atoms with Crippen LogP contribution in [-0.4, -0.2) is 11.1 Å². The van der Waals surface area contributed by atoms with Crippen LogP contribution in [0.5, 0.6) is 0 Å². The van der Waals surface area contributed by atoms with Gasteiger partial charge in [-0.3, -0.25) is 4.79 Å². The Kier molecular flexibility index (Phi) is 3.84. The normalized spacial score (nSPS) is 10.3. The summed E-state index contributed by atoms with van der Waals surface area (Å²) >= 11 is 0. The molecule has 0 saturated heterocycles. The van der Waals surface area contributed by atoms with Gasteiger partial charge in [-0.15, -0.1) is 0 Å². The van der Waals surface area contributed by atoms with Crippen molar-refractivity contribution in [2.45, 2.75) is 20.3 Å². The predicted octanol–water partition coefficient (Wildman–Crippen LogP) is 2.47. The fraction of sp³-hybridized carbons (Fsp3) is 0.231. The summed E-state index contributed by atoms with van der Waals surface area (Å²) in [4.78, 5) is 10.7. The van der Waals surface area contributed by atoms with Crippen LogP contribution in [0.3, 0.4) is 0 Å². The minimum atomic E-state index is -0.827. The molecular formula is C13H13NO2. The van der Waals surface area contributed by atoms with Crippen molar-refractivity contribution in [3.63, 3.8) is 0 Å². The zero-order valence-electron chi connectivity index (χ0n) is 9.32. The molecule has 0 unspecified atom stereocenters. The monoisotopic (exact) mass is 215 g/mol. The van der Waals surface area contributed by atoms with Crippen LogP contribution in [-0.2, 0) is 11.2 Å². The first kappa shape index (κ1) is 12.0. The molecule has 0 saturated carbocycles. The predicted molar refractivity (Wildman–Crippen MR) is 61.9 cm³/mol. The molecule has 82 valence electrons. The van der Waals surface area contributed by atoms with Gasteiger partial charge in [-0.25, -0.2) is 0 Å². The summed E-state index contributed by atoms with van der Waals surface area (Å²) < 4.78 is 0. The average molecular weight is 215 g/mol. The molecule has 0 aromatic heterocycles. The van der Waals surface area contributed by atoms with Gasteiger partial charge in [0.25, 0.3) is 0 Å². The standard InChI is InChI=1S/C13H13NO2/c1-9-6-11(4-3-5-14)7-10(2)12(9)8-13(15)16/h3-4,6-7H,8H2,1-2H3,(H,15,16). The van der Waals surface area contributed by atoms with Crippen molar-refractivity contribution in [2.75, 3.05) is 0 Å². The number of allylic oxidation sites excluding steroid dienone is 1. The highest BCUT2D eigenvalue weighted by Crippen LogP contribution is 2.18. The van der Waals surface area contributed by atoms with Gasteiger partial charge in [-0.1, -0.05) is 12.1 Å². The van der Waals surface area contributed by atoms with Crippen molar-refractivity contribution in [2.24, 2.45) is 0 Å². The fourth-order valence-corrected chi connectivity index (χ4v) is 1.69. The van der Waals surface area contributed by atoms with Crippen LogP contribution in [0, 0.1) is 25.2 Å². The van der Waals surface area contributed by atoms with Crippen molar-refractivity contribution < 1.29 is 9.90 Å². The maximum atomic E-state index is 10.7. The van der Waals surface area contributed by atoms with Gasteiger partial charge in [0.05, 0.1) is 12.5 Å². The van der Waals surface area contributed by atoms with Crippen LogP contribution in [0.15, 0.2) is 18.2 Å². The number of nitrogens with zero attached hydrogens (tertiary/aromatic N) is 1. The van der Waals surface area contributed by atoms with Crippen molar-refractivity contribution in [1.82, 2.24) is 0 Å². The smallest absolute Gasteiger partial charge is 0.307 e. The number of nitriles is 1. The van der Waals surface area contributed by atoms with E-state index in [0.717, 1.165) is 22.3 Å². The molecule has 0 fully saturated rings. The molecule has 0 aliphatic rings. The van der Waals surface area contributed by atoms with E-state index in [1.54, 1.807) is 6.08 Å². The number of hydrogen-bond donors (Lipinski definition) is 1. The van der Waals surface area contributed by atoms with Gasteiger partial charge >= 0.3 is 5.97 Å². The number of benzene rings is 1. The van der Waals surface area contributed by atoms with E-state index in [9.17, 15) is 4.79 Å². The molecule has 1 N–H and O–H groups in total. The fourth-order valence-electron chi connectivity index (χ4n) is 1.69. The van der Waals surface area contributed by atoms with Gasteiger partial charge < -0.3 is 5.11 Å². The summed E-state index contributed by atoms with van der Waals surface area (Å²) in [5.41, 5.74) is 3.66. The zero-order chi connectivity index (χ0) is 12.1. The molecule has 0 heterocycles. The molecule has 1 aromatic rings. The van der Waals surface area contributed by atoms with Crippen LogP contribution < -0.4 is 0 Å². The Morgan fingerprint density at radius 1 is 1.44 bits per heavy atom. The van der Waals surface area contributed by atoms with Crippen LogP contribution in [0.1, 0.15) is 22.3 Å². The summed E-state index contributed by atoms with van der Waals surface area (Å²) in [6.45, 7) is 3.77. The van der Waals surface area contributed by atoms with E-state index < -0.39 is 5.97 Å². The largest absolute Gasteiger partial charge is 0.481 e. The molecule has 0 radical (unpaired) electrons. The summed E-state index contributed by atoms with van der Waals surface area (Å²) in [5.74, 6) is -0.827. The number of hydrogen-bond acceptors (Lipinski definition) is 2. The quantitative estimate of drug-likeness (QED) is 0.788. The van der Waals surface area contributed by atoms with Gasteiger partial charge in [0.15, 0.2) is 0 Å². The van der Waals surface area contributed by atoms with Crippen molar-refractivity contribution in [3.05, 3.63) is 40.5 Å². The molecule has 3 heteroatoms. The topological polar surface area (TPSA) is 61.1 Å². The Balaban J connectivity index is 3.13. The van der Waals surface area contributed by atoms with E-state index in [4.69, 9.17) is 10.4 Å². The molecule has 0 amide bonds. The Hall–Kier alpha value is -2.08. The molecule has 0 spiro atoms. The number of aryl methyl sites for hydroxylation is 2. The highest BCUT2D eigenvalue weighted by molar-refractivity contribution is 5.72. The van der Waals surface area contributed by atoms with E-state index in [2.05, 4.69) is 0 Å². The first-order valence-corrected chi connectivity index (χ1v) is 4.92. The second kappa shape index (κ2) is 5.13. The van der Waals surface area contributed by atoms with Gasteiger partial charge in [0.2, 0.25) is 0 Å². The number of rotatable bonds is 3. The van der Waals surface area contributed by atoms with E-state index in [1.165, 1.54) is 6.08 Å². The van der Waals surface area contributed by atoms with Gasteiger partial charge in [0.1, 0.15) is 0 Å².